The van der Waals surface area contributed by atoms with E-state index in [4.69, 9.17) is 0 Å². The van der Waals surface area contributed by atoms with Gasteiger partial charge in [0.2, 0.25) is 0 Å². The van der Waals surface area contributed by atoms with Gasteiger partial charge in [-0.3, -0.25) is 0 Å². The van der Waals surface area contributed by atoms with Crippen molar-refractivity contribution in [2.45, 2.75) is 34.6 Å². The van der Waals surface area contributed by atoms with E-state index in [1.165, 1.54) is 0 Å². The average Bonchev–Trinajstić information content (AvgIpc) is 1.66. The molecular weight excluding hydrogens is 122 g/mol. The van der Waals surface area contributed by atoms with Crippen LogP contribution in [0.25, 0.3) is 0 Å². The van der Waals surface area contributed by atoms with Gasteiger partial charge >= 0.3 is 0 Å². The molecule has 0 aromatic carbocycles. The van der Waals surface area contributed by atoms with Gasteiger partial charge in [0, 0.05) is 0 Å². The van der Waals surface area contributed by atoms with Crippen molar-refractivity contribution in [3.8, 4) is 0 Å². The van der Waals surface area contributed by atoms with Gasteiger partial charge in [0.25, 0.3) is 0 Å². The van der Waals surface area contributed by atoms with Crippen LogP contribution >= 0.6 is 0 Å². The van der Waals surface area contributed by atoms with Crippen molar-refractivity contribution < 1.29 is 0 Å². The first-order valence-corrected chi connectivity index (χ1v) is 4.07. The van der Waals surface area contributed by atoms with Crippen LogP contribution in [-0.2, 0) is 0 Å². The summed E-state index contributed by atoms with van der Waals surface area (Å²) in [5.74, 6) is 0.833. The lowest BCUT2D eigenvalue weighted by atomic mass is 10.3. The summed E-state index contributed by atoms with van der Waals surface area (Å²) in [7, 11) is 6.00. The zero-order chi connectivity index (χ0) is 9.15. The van der Waals surface area contributed by atoms with E-state index in [1.54, 1.807) is 0 Å². The van der Waals surface area contributed by atoms with Crippen molar-refractivity contribution in [1.82, 2.24) is 4.90 Å². The van der Waals surface area contributed by atoms with E-state index in [-0.39, 0.29) is 0 Å². The molecule has 0 aromatic heterocycles. The fourth-order valence-electron chi connectivity index (χ4n) is 0. The first-order chi connectivity index (χ1) is 4.46. The molecule has 0 aromatic rings. The zero-order valence-corrected chi connectivity index (χ0v) is 9.02. The highest BCUT2D eigenvalue weighted by molar-refractivity contribution is 4.20. The Labute approximate surface area is 67.4 Å². The van der Waals surface area contributed by atoms with Gasteiger partial charge in [0.15, 0.2) is 0 Å². The molecular formula is C9H25N. The molecule has 0 aliphatic rings. The van der Waals surface area contributed by atoms with Crippen molar-refractivity contribution in [3.63, 3.8) is 0 Å². The van der Waals surface area contributed by atoms with Gasteiger partial charge in [-0.2, -0.15) is 0 Å². The van der Waals surface area contributed by atoms with E-state index in [2.05, 4.69) is 20.8 Å². The van der Waals surface area contributed by atoms with Crippen molar-refractivity contribution in [3.05, 3.63) is 0 Å². The Morgan fingerprint density at radius 2 is 0.800 bits per heavy atom. The van der Waals surface area contributed by atoms with Crippen LogP contribution in [0.1, 0.15) is 34.6 Å². The summed E-state index contributed by atoms with van der Waals surface area (Å²) in [6, 6.07) is 0. The molecule has 0 bridgehead atoms. The number of rotatable bonds is 0. The third-order valence-electron chi connectivity index (χ3n) is 0. The Balaban J connectivity index is -0.0000000787. The summed E-state index contributed by atoms with van der Waals surface area (Å²) < 4.78 is 0. The van der Waals surface area contributed by atoms with E-state index in [1.807, 2.05) is 39.9 Å². The zero-order valence-electron chi connectivity index (χ0n) is 9.02. The normalized spacial score (nSPS) is 7.80. The standard InChI is InChI=1S/C4H10.C3H9N.C2H6/c2*1-4(2)3;1-2/h4H,1-3H3;1-3H3;1-2H3. The molecule has 0 spiro atoms. The van der Waals surface area contributed by atoms with E-state index < -0.39 is 0 Å². The molecule has 0 aliphatic heterocycles. The molecule has 0 rings (SSSR count). The second-order valence-electron chi connectivity index (χ2n) is 3.07. The number of hydrogen-bond acceptors (Lipinski definition) is 1. The molecule has 0 N–H and O–H groups in total. The SMILES string of the molecule is CC.CC(C)C.CN(C)C. The van der Waals surface area contributed by atoms with Gasteiger partial charge in [-0.15, -0.1) is 0 Å². The summed E-state index contributed by atoms with van der Waals surface area (Å²) in [6.07, 6.45) is 0. The van der Waals surface area contributed by atoms with Gasteiger partial charge in [0.1, 0.15) is 0 Å². The summed E-state index contributed by atoms with van der Waals surface area (Å²) in [4.78, 5) is 2.00. The largest absolute Gasteiger partial charge is 0.312 e. The summed E-state index contributed by atoms with van der Waals surface area (Å²) >= 11 is 0. The minimum Gasteiger partial charge on any atom is -0.312 e. The Morgan fingerprint density at radius 3 is 0.800 bits per heavy atom. The van der Waals surface area contributed by atoms with Crippen LogP contribution in [0.2, 0.25) is 0 Å². The molecule has 0 heterocycles. The molecule has 1 nitrogen and oxygen atoms in total. The Bertz CT molecular complexity index is 20.2. The molecule has 0 aliphatic carbocycles. The van der Waals surface area contributed by atoms with Crippen molar-refractivity contribution in [1.29, 1.82) is 0 Å². The molecule has 66 valence electrons. The molecule has 0 fully saturated rings. The van der Waals surface area contributed by atoms with Crippen molar-refractivity contribution in [2.75, 3.05) is 21.1 Å². The molecule has 10 heavy (non-hydrogen) atoms. The average molecular weight is 147 g/mol. The monoisotopic (exact) mass is 147 g/mol. The lowest BCUT2D eigenvalue weighted by Crippen LogP contribution is -1.99. The van der Waals surface area contributed by atoms with E-state index >= 15 is 0 Å². The minimum absolute atomic E-state index is 0.833. The Hall–Kier alpha value is -0.0400. The highest BCUT2D eigenvalue weighted by atomic mass is 15.0. The molecule has 0 amide bonds. The first-order valence-electron chi connectivity index (χ1n) is 4.07. The summed E-state index contributed by atoms with van der Waals surface area (Å²) in [5.41, 5.74) is 0. The molecule has 1 heteroatoms. The fourth-order valence-corrected chi connectivity index (χ4v) is 0. The van der Waals surface area contributed by atoms with Gasteiger partial charge in [-0.25, -0.2) is 0 Å². The maximum atomic E-state index is 2.17. The second-order valence-corrected chi connectivity index (χ2v) is 3.07. The molecule has 0 saturated heterocycles. The highest BCUT2D eigenvalue weighted by Gasteiger charge is 1.68. The van der Waals surface area contributed by atoms with Crippen molar-refractivity contribution >= 4 is 0 Å². The van der Waals surface area contributed by atoms with Crippen LogP contribution in [0.3, 0.4) is 0 Å². The lowest BCUT2D eigenvalue weighted by Gasteiger charge is -1.90. The van der Waals surface area contributed by atoms with Crippen LogP contribution in [0.4, 0.5) is 0 Å². The lowest BCUT2D eigenvalue weighted by molar-refractivity contribution is 0.505. The van der Waals surface area contributed by atoms with Crippen LogP contribution in [-0.4, -0.2) is 26.0 Å². The van der Waals surface area contributed by atoms with E-state index in [0.717, 1.165) is 5.92 Å². The smallest absolute Gasteiger partial charge is 0.0140 e. The molecule has 0 unspecified atom stereocenters. The summed E-state index contributed by atoms with van der Waals surface area (Å²) in [5, 5.41) is 0. The number of nitrogens with zero attached hydrogens (tertiary/aromatic N) is 1. The maximum Gasteiger partial charge on any atom is -0.0140 e. The van der Waals surface area contributed by atoms with Gasteiger partial charge in [-0.05, 0) is 27.1 Å². The van der Waals surface area contributed by atoms with Gasteiger partial charge in [-0.1, -0.05) is 34.6 Å². The van der Waals surface area contributed by atoms with E-state index in [9.17, 15) is 0 Å². The fraction of sp³-hybridized carbons (Fsp3) is 1.00. The predicted molar refractivity (Wildman–Crippen MR) is 51.5 cm³/mol. The first kappa shape index (κ1) is 16.5. The third kappa shape index (κ3) is 241000. The molecule has 0 radical (unpaired) electrons. The highest BCUT2D eigenvalue weighted by Crippen LogP contribution is 1.81. The van der Waals surface area contributed by atoms with Crippen LogP contribution in [0.15, 0.2) is 0 Å². The quantitative estimate of drug-likeness (QED) is 0.509. The van der Waals surface area contributed by atoms with Crippen LogP contribution in [0, 0.1) is 5.92 Å². The third-order valence-corrected chi connectivity index (χ3v) is 0. The van der Waals surface area contributed by atoms with Crippen LogP contribution in [0.5, 0.6) is 0 Å². The summed E-state index contributed by atoms with van der Waals surface area (Å²) in [6.45, 7) is 10.5. The van der Waals surface area contributed by atoms with Crippen molar-refractivity contribution in [2.24, 2.45) is 5.92 Å². The Morgan fingerprint density at radius 1 is 0.800 bits per heavy atom. The Kier molecular flexibility index (Phi) is 26.4. The predicted octanol–water partition coefficient (Wildman–Crippen LogP) is 2.87. The van der Waals surface area contributed by atoms with Gasteiger partial charge in [0.05, 0.1) is 0 Å². The van der Waals surface area contributed by atoms with E-state index in [0.29, 0.717) is 0 Å². The topological polar surface area (TPSA) is 3.24 Å². The van der Waals surface area contributed by atoms with Gasteiger partial charge < -0.3 is 4.90 Å². The minimum atomic E-state index is 0.833. The molecule has 0 atom stereocenters. The number of hydrogen-bond donors (Lipinski definition) is 0. The molecule has 0 saturated carbocycles. The maximum absolute atomic E-state index is 2.17. The second kappa shape index (κ2) is 16.0. The van der Waals surface area contributed by atoms with Crippen LogP contribution < -0.4 is 0 Å².